The number of benzene rings is 1. The molecular formula is C20H27NO3. The summed E-state index contributed by atoms with van der Waals surface area (Å²) < 4.78 is 10.6. The van der Waals surface area contributed by atoms with Gasteiger partial charge in [0.1, 0.15) is 11.5 Å². The molecule has 2 atom stereocenters. The Morgan fingerprint density at radius 2 is 1.92 bits per heavy atom. The zero-order valence-corrected chi connectivity index (χ0v) is 14.7. The van der Waals surface area contributed by atoms with Gasteiger partial charge >= 0.3 is 0 Å². The highest BCUT2D eigenvalue weighted by Gasteiger charge is 2.34. The molecule has 1 saturated heterocycles. The number of hydrogen-bond donors (Lipinski definition) is 0. The van der Waals surface area contributed by atoms with Gasteiger partial charge in [-0.2, -0.15) is 0 Å². The van der Waals surface area contributed by atoms with Gasteiger partial charge in [0.15, 0.2) is 0 Å². The van der Waals surface area contributed by atoms with Gasteiger partial charge in [0.2, 0.25) is 5.91 Å². The van der Waals surface area contributed by atoms with Crippen LogP contribution in [0, 0.1) is 5.92 Å². The van der Waals surface area contributed by atoms with E-state index in [1.165, 1.54) is 25.7 Å². The number of carbonyl (C=O) groups excluding carboxylic acids is 1. The Morgan fingerprint density at radius 3 is 2.71 bits per heavy atom. The summed E-state index contributed by atoms with van der Waals surface area (Å²) in [5.74, 6) is 2.33. The van der Waals surface area contributed by atoms with E-state index in [9.17, 15) is 4.79 Å². The third-order valence-electron chi connectivity index (χ3n) is 5.37. The van der Waals surface area contributed by atoms with Crippen molar-refractivity contribution in [3.63, 3.8) is 0 Å². The number of methoxy groups -OCH3 is 2. The van der Waals surface area contributed by atoms with E-state index in [0.717, 1.165) is 36.4 Å². The van der Waals surface area contributed by atoms with E-state index in [1.54, 1.807) is 20.3 Å². The smallest absolute Gasteiger partial charge is 0.246 e. The first-order valence-corrected chi connectivity index (χ1v) is 8.93. The third-order valence-corrected chi connectivity index (χ3v) is 5.37. The maximum Gasteiger partial charge on any atom is 0.246 e. The molecule has 130 valence electrons. The van der Waals surface area contributed by atoms with Crippen molar-refractivity contribution in [2.75, 3.05) is 20.8 Å². The highest BCUT2D eigenvalue weighted by molar-refractivity contribution is 5.92. The van der Waals surface area contributed by atoms with Gasteiger partial charge in [-0.3, -0.25) is 4.79 Å². The minimum Gasteiger partial charge on any atom is -0.497 e. The van der Waals surface area contributed by atoms with Crippen LogP contribution in [0.5, 0.6) is 11.5 Å². The summed E-state index contributed by atoms with van der Waals surface area (Å²) in [7, 11) is 3.27. The Bertz CT molecular complexity index is 609. The van der Waals surface area contributed by atoms with Crippen molar-refractivity contribution < 1.29 is 14.3 Å². The lowest BCUT2D eigenvalue weighted by Crippen LogP contribution is -2.49. The molecule has 1 aliphatic carbocycles. The monoisotopic (exact) mass is 329 g/mol. The first-order valence-electron chi connectivity index (χ1n) is 8.93. The van der Waals surface area contributed by atoms with Crippen LogP contribution >= 0.6 is 0 Å². The summed E-state index contributed by atoms with van der Waals surface area (Å²) >= 11 is 0. The normalized spacial score (nSPS) is 23.8. The maximum absolute atomic E-state index is 12.7. The predicted molar refractivity (Wildman–Crippen MR) is 95.3 cm³/mol. The van der Waals surface area contributed by atoms with E-state index in [2.05, 4.69) is 4.90 Å². The Hall–Kier alpha value is -1.97. The van der Waals surface area contributed by atoms with Gasteiger partial charge in [-0.15, -0.1) is 0 Å². The predicted octanol–water partition coefficient (Wildman–Crippen LogP) is 3.90. The lowest BCUT2D eigenvalue weighted by Gasteiger charge is -2.43. The number of rotatable bonds is 4. The molecule has 2 unspecified atom stereocenters. The molecule has 24 heavy (non-hydrogen) atoms. The fourth-order valence-corrected chi connectivity index (χ4v) is 4.12. The van der Waals surface area contributed by atoms with E-state index in [1.807, 2.05) is 24.3 Å². The van der Waals surface area contributed by atoms with Gasteiger partial charge in [0, 0.05) is 24.2 Å². The quantitative estimate of drug-likeness (QED) is 0.787. The topological polar surface area (TPSA) is 38.8 Å². The largest absolute Gasteiger partial charge is 0.497 e. The molecular weight excluding hydrogens is 302 g/mol. The molecule has 0 N–H and O–H groups in total. The van der Waals surface area contributed by atoms with Crippen LogP contribution in [0.25, 0.3) is 6.08 Å². The number of nitrogens with zero attached hydrogens (tertiary/aromatic N) is 1. The summed E-state index contributed by atoms with van der Waals surface area (Å²) in [5, 5.41) is 0. The molecule has 0 radical (unpaired) electrons. The van der Waals surface area contributed by atoms with Gasteiger partial charge in [0.25, 0.3) is 0 Å². The molecule has 1 heterocycles. The molecule has 0 spiro atoms. The number of hydrogen-bond acceptors (Lipinski definition) is 3. The van der Waals surface area contributed by atoms with Crippen LogP contribution in [-0.4, -0.2) is 37.6 Å². The number of ether oxygens (including phenoxy) is 2. The van der Waals surface area contributed by atoms with E-state index in [-0.39, 0.29) is 5.91 Å². The van der Waals surface area contributed by atoms with E-state index >= 15 is 0 Å². The molecule has 4 nitrogen and oxygen atoms in total. The van der Waals surface area contributed by atoms with E-state index in [4.69, 9.17) is 9.47 Å². The molecule has 1 aliphatic heterocycles. The summed E-state index contributed by atoms with van der Waals surface area (Å²) in [6.45, 7) is 0.888. The second kappa shape index (κ2) is 7.73. The molecule has 0 aromatic heterocycles. The summed E-state index contributed by atoms with van der Waals surface area (Å²) in [4.78, 5) is 14.8. The van der Waals surface area contributed by atoms with Crippen LogP contribution in [-0.2, 0) is 4.79 Å². The molecule has 2 fully saturated rings. The van der Waals surface area contributed by atoms with Gasteiger partial charge in [-0.25, -0.2) is 0 Å². The lowest BCUT2D eigenvalue weighted by molar-refractivity contribution is -0.132. The van der Waals surface area contributed by atoms with Crippen molar-refractivity contribution in [1.82, 2.24) is 4.90 Å². The van der Waals surface area contributed by atoms with Gasteiger partial charge < -0.3 is 14.4 Å². The highest BCUT2D eigenvalue weighted by atomic mass is 16.5. The molecule has 1 amide bonds. The van der Waals surface area contributed by atoms with Gasteiger partial charge in [0.05, 0.1) is 14.2 Å². The van der Waals surface area contributed by atoms with Crippen LogP contribution in [0.4, 0.5) is 0 Å². The van der Waals surface area contributed by atoms with E-state index < -0.39 is 0 Å². The van der Waals surface area contributed by atoms with Crippen LogP contribution in [0.15, 0.2) is 24.3 Å². The minimum absolute atomic E-state index is 0.122. The van der Waals surface area contributed by atoms with Gasteiger partial charge in [-0.05, 0) is 55.9 Å². The highest BCUT2D eigenvalue weighted by Crippen LogP contribution is 2.35. The molecule has 0 bridgehead atoms. The second-order valence-corrected chi connectivity index (χ2v) is 6.73. The first kappa shape index (κ1) is 16.9. The molecule has 1 saturated carbocycles. The van der Waals surface area contributed by atoms with Crippen molar-refractivity contribution >= 4 is 12.0 Å². The standard InChI is InChI=1S/C20H27NO3/c1-23-17-10-11-19(24-2)16(14-17)9-12-20(22)21-13-5-7-15-6-3-4-8-18(15)21/h9-12,14-15,18H,3-8,13H2,1-2H3/b12-9+. The number of likely N-dealkylation sites (tertiary alicyclic amines) is 1. The zero-order valence-electron chi connectivity index (χ0n) is 14.7. The van der Waals surface area contributed by atoms with Crippen molar-refractivity contribution in [1.29, 1.82) is 0 Å². The Morgan fingerprint density at radius 1 is 1.12 bits per heavy atom. The van der Waals surface area contributed by atoms with Crippen LogP contribution in [0.3, 0.4) is 0 Å². The summed E-state index contributed by atoms with van der Waals surface area (Å²) in [6, 6.07) is 6.05. The van der Waals surface area contributed by atoms with Crippen LogP contribution in [0.1, 0.15) is 44.1 Å². The average molecular weight is 329 g/mol. The van der Waals surface area contributed by atoms with Crippen molar-refractivity contribution in [3.8, 4) is 11.5 Å². The number of piperidine rings is 1. The van der Waals surface area contributed by atoms with E-state index in [0.29, 0.717) is 12.0 Å². The molecule has 4 heteroatoms. The minimum atomic E-state index is 0.122. The summed E-state index contributed by atoms with van der Waals surface area (Å²) in [6.07, 6.45) is 10.9. The Balaban J connectivity index is 1.75. The molecule has 1 aromatic rings. The average Bonchev–Trinajstić information content (AvgIpc) is 2.65. The SMILES string of the molecule is COc1ccc(OC)c(/C=C/C(=O)N2CCCC3CCCCC32)c1. The number of fused-ring (bicyclic) bond motifs is 1. The van der Waals surface area contributed by atoms with Crippen molar-refractivity contribution in [2.45, 2.75) is 44.6 Å². The fraction of sp³-hybridized carbons (Fsp3) is 0.550. The third kappa shape index (κ3) is 3.58. The molecule has 1 aromatic carbocycles. The molecule has 3 rings (SSSR count). The summed E-state index contributed by atoms with van der Waals surface area (Å²) in [5.41, 5.74) is 0.863. The molecule has 2 aliphatic rings. The van der Waals surface area contributed by atoms with Gasteiger partial charge in [-0.1, -0.05) is 12.8 Å². The number of carbonyl (C=O) groups is 1. The maximum atomic E-state index is 12.7. The second-order valence-electron chi connectivity index (χ2n) is 6.73. The Labute approximate surface area is 144 Å². The zero-order chi connectivity index (χ0) is 16.9. The Kier molecular flexibility index (Phi) is 5.44. The van der Waals surface area contributed by atoms with Crippen LogP contribution < -0.4 is 9.47 Å². The fourth-order valence-electron chi connectivity index (χ4n) is 4.12. The number of amides is 1. The lowest BCUT2D eigenvalue weighted by atomic mass is 9.78. The van der Waals surface area contributed by atoms with Crippen LogP contribution in [0.2, 0.25) is 0 Å². The van der Waals surface area contributed by atoms with Crippen molar-refractivity contribution in [3.05, 3.63) is 29.8 Å². The van der Waals surface area contributed by atoms with Crippen molar-refractivity contribution in [2.24, 2.45) is 5.92 Å². The first-order chi connectivity index (χ1) is 11.7.